The molecular weight excluding hydrogens is 354 g/mol. The molecule has 0 aromatic heterocycles. The van der Waals surface area contributed by atoms with E-state index in [4.69, 9.17) is 14.2 Å². The van der Waals surface area contributed by atoms with Gasteiger partial charge < -0.3 is 14.2 Å². The van der Waals surface area contributed by atoms with Crippen molar-refractivity contribution in [3.8, 4) is 17.2 Å². The number of carbonyl (C=O) groups excluding carboxylic acids is 1. The summed E-state index contributed by atoms with van der Waals surface area (Å²) in [4.78, 5) is 15.3. The maximum Gasteiger partial charge on any atom is 0.167 e. The molecule has 5 nitrogen and oxygen atoms in total. The Bertz CT molecular complexity index is 833. The lowest BCUT2D eigenvalue weighted by Gasteiger charge is -2.32. The lowest BCUT2D eigenvalue weighted by Crippen LogP contribution is -2.38. The van der Waals surface area contributed by atoms with Crippen LogP contribution in [-0.2, 0) is 6.54 Å². The fourth-order valence-corrected chi connectivity index (χ4v) is 4.03. The third-order valence-electron chi connectivity index (χ3n) is 5.49. The standard InChI is InChI=1S/C23H29NO4/c1-16-21(27-3)11-10-19(23(16)28-4)15-24-12-6-8-18(14-24)22(25)17-7-5-9-20(13-17)26-2/h5,7,9-11,13,18H,6,8,12,14-15H2,1-4H3. The Labute approximate surface area is 167 Å². The van der Waals surface area contributed by atoms with Crippen molar-refractivity contribution in [3.05, 3.63) is 53.1 Å². The molecule has 0 amide bonds. The van der Waals surface area contributed by atoms with Crippen LogP contribution in [0.3, 0.4) is 0 Å². The smallest absolute Gasteiger partial charge is 0.167 e. The van der Waals surface area contributed by atoms with E-state index >= 15 is 0 Å². The molecule has 1 heterocycles. The molecule has 1 fully saturated rings. The van der Waals surface area contributed by atoms with E-state index in [0.29, 0.717) is 0 Å². The number of Topliss-reactive ketones (excluding diaryl/α,β-unsaturated/α-hetero) is 1. The van der Waals surface area contributed by atoms with Gasteiger partial charge in [0.25, 0.3) is 0 Å². The number of benzene rings is 2. The SMILES string of the molecule is COc1cccc(C(=O)C2CCCN(Cc3ccc(OC)c(C)c3OC)C2)c1. The van der Waals surface area contributed by atoms with Gasteiger partial charge in [-0.25, -0.2) is 0 Å². The van der Waals surface area contributed by atoms with Crippen LogP contribution in [0.1, 0.15) is 34.3 Å². The predicted molar refractivity (Wildman–Crippen MR) is 110 cm³/mol. The number of ketones is 1. The Kier molecular flexibility index (Phi) is 6.57. The number of rotatable bonds is 7. The molecule has 2 aromatic rings. The highest BCUT2D eigenvalue weighted by Crippen LogP contribution is 2.33. The van der Waals surface area contributed by atoms with Gasteiger partial charge in [0.1, 0.15) is 17.2 Å². The lowest BCUT2D eigenvalue weighted by molar-refractivity contribution is 0.0810. The molecule has 28 heavy (non-hydrogen) atoms. The monoisotopic (exact) mass is 383 g/mol. The summed E-state index contributed by atoms with van der Waals surface area (Å²) in [5.41, 5.74) is 2.85. The molecule has 1 atom stereocenters. The first-order valence-electron chi connectivity index (χ1n) is 9.68. The molecule has 3 rings (SSSR count). The lowest BCUT2D eigenvalue weighted by atomic mass is 9.89. The van der Waals surface area contributed by atoms with Crippen molar-refractivity contribution in [2.75, 3.05) is 34.4 Å². The van der Waals surface area contributed by atoms with Gasteiger partial charge in [-0.2, -0.15) is 0 Å². The summed E-state index contributed by atoms with van der Waals surface area (Å²) in [7, 11) is 4.98. The number of likely N-dealkylation sites (tertiary alicyclic amines) is 1. The van der Waals surface area contributed by atoms with E-state index in [9.17, 15) is 4.79 Å². The van der Waals surface area contributed by atoms with Gasteiger partial charge in [0.15, 0.2) is 5.78 Å². The third-order valence-corrected chi connectivity index (χ3v) is 5.49. The molecule has 0 spiro atoms. The molecule has 0 saturated carbocycles. The number of piperidine rings is 1. The maximum atomic E-state index is 13.0. The second kappa shape index (κ2) is 9.11. The van der Waals surface area contributed by atoms with Gasteiger partial charge >= 0.3 is 0 Å². The van der Waals surface area contributed by atoms with Crippen molar-refractivity contribution in [2.24, 2.45) is 5.92 Å². The zero-order valence-corrected chi connectivity index (χ0v) is 17.2. The minimum absolute atomic E-state index is 0.00574. The second-order valence-electron chi connectivity index (χ2n) is 7.26. The Morgan fingerprint density at radius 1 is 1.11 bits per heavy atom. The summed E-state index contributed by atoms with van der Waals surface area (Å²) in [6.07, 6.45) is 1.93. The Morgan fingerprint density at radius 2 is 1.93 bits per heavy atom. The molecule has 0 N–H and O–H groups in total. The van der Waals surface area contributed by atoms with Crippen LogP contribution in [0.25, 0.3) is 0 Å². The van der Waals surface area contributed by atoms with E-state index in [-0.39, 0.29) is 11.7 Å². The van der Waals surface area contributed by atoms with Crippen LogP contribution in [-0.4, -0.2) is 45.1 Å². The Balaban J connectivity index is 1.73. The molecule has 0 aliphatic carbocycles. The van der Waals surface area contributed by atoms with Crippen molar-refractivity contribution in [1.29, 1.82) is 0 Å². The molecule has 5 heteroatoms. The summed E-state index contributed by atoms with van der Waals surface area (Å²) in [5.74, 6) is 2.61. The van der Waals surface area contributed by atoms with Crippen LogP contribution >= 0.6 is 0 Å². The normalized spacial score (nSPS) is 17.2. The van der Waals surface area contributed by atoms with Gasteiger partial charge in [-0.1, -0.05) is 18.2 Å². The van der Waals surface area contributed by atoms with Gasteiger partial charge in [0.2, 0.25) is 0 Å². The van der Waals surface area contributed by atoms with E-state index in [1.165, 1.54) is 0 Å². The Morgan fingerprint density at radius 3 is 2.64 bits per heavy atom. The zero-order valence-electron chi connectivity index (χ0n) is 17.2. The molecule has 150 valence electrons. The van der Waals surface area contributed by atoms with E-state index in [1.807, 2.05) is 37.3 Å². The van der Waals surface area contributed by atoms with Crippen molar-refractivity contribution in [3.63, 3.8) is 0 Å². The largest absolute Gasteiger partial charge is 0.497 e. The number of hydrogen-bond acceptors (Lipinski definition) is 5. The third kappa shape index (κ3) is 4.30. The molecular formula is C23H29NO4. The van der Waals surface area contributed by atoms with Gasteiger partial charge in [-0.05, 0) is 44.5 Å². The first-order valence-corrected chi connectivity index (χ1v) is 9.68. The molecule has 2 aromatic carbocycles. The van der Waals surface area contributed by atoms with E-state index in [2.05, 4.69) is 11.0 Å². The zero-order chi connectivity index (χ0) is 20.1. The van der Waals surface area contributed by atoms with Gasteiger partial charge in [-0.3, -0.25) is 9.69 Å². The molecule has 1 unspecified atom stereocenters. The van der Waals surface area contributed by atoms with Gasteiger partial charge in [0, 0.05) is 35.7 Å². The quantitative estimate of drug-likeness (QED) is 0.673. The van der Waals surface area contributed by atoms with Crippen LogP contribution in [0.4, 0.5) is 0 Å². The van der Waals surface area contributed by atoms with E-state index in [1.54, 1.807) is 21.3 Å². The number of hydrogen-bond donors (Lipinski definition) is 0. The molecule has 0 radical (unpaired) electrons. The first-order chi connectivity index (χ1) is 13.6. The maximum absolute atomic E-state index is 13.0. The summed E-state index contributed by atoms with van der Waals surface area (Å²) >= 11 is 0. The van der Waals surface area contributed by atoms with Crippen molar-refractivity contribution in [1.82, 2.24) is 4.90 Å². The molecule has 1 saturated heterocycles. The number of carbonyl (C=O) groups is 1. The number of ether oxygens (including phenoxy) is 3. The minimum atomic E-state index is 0.00574. The fourth-order valence-electron chi connectivity index (χ4n) is 4.03. The van der Waals surface area contributed by atoms with Gasteiger partial charge in [0.05, 0.1) is 21.3 Å². The van der Waals surface area contributed by atoms with E-state index < -0.39 is 0 Å². The molecule has 1 aliphatic heterocycles. The summed E-state index contributed by atoms with van der Waals surface area (Å²) < 4.78 is 16.3. The summed E-state index contributed by atoms with van der Waals surface area (Å²) in [6, 6.07) is 11.5. The van der Waals surface area contributed by atoms with Crippen LogP contribution in [0.15, 0.2) is 36.4 Å². The predicted octanol–water partition coefficient (Wildman–Crippen LogP) is 4.12. The topological polar surface area (TPSA) is 48.0 Å². The second-order valence-corrected chi connectivity index (χ2v) is 7.26. The summed E-state index contributed by atoms with van der Waals surface area (Å²) in [5, 5.41) is 0. The van der Waals surface area contributed by atoms with Crippen LogP contribution in [0.2, 0.25) is 0 Å². The first kappa shape index (κ1) is 20.2. The fraction of sp³-hybridized carbons (Fsp3) is 0.435. The molecule has 0 bridgehead atoms. The van der Waals surface area contributed by atoms with Crippen LogP contribution < -0.4 is 14.2 Å². The molecule has 1 aliphatic rings. The van der Waals surface area contributed by atoms with Crippen molar-refractivity contribution in [2.45, 2.75) is 26.3 Å². The van der Waals surface area contributed by atoms with Crippen LogP contribution in [0.5, 0.6) is 17.2 Å². The van der Waals surface area contributed by atoms with Gasteiger partial charge in [-0.15, -0.1) is 0 Å². The van der Waals surface area contributed by atoms with Crippen molar-refractivity contribution >= 4 is 5.78 Å². The van der Waals surface area contributed by atoms with Crippen LogP contribution in [0, 0.1) is 12.8 Å². The van der Waals surface area contributed by atoms with E-state index in [0.717, 1.165) is 66.4 Å². The number of methoxy groups -OCH3 is 3. The summed E-state index contributed by atoms with van der Waals surface area (Å²) in [6.45, 7) is 4.50. The van der Waals surface area contributed by atoms with Crippen molar-refractivity contribution < 1.29 is 19.0 Å². The highest BCUT2D eigenvalue weighted by molar-refractivity contribution is 5.98. The average molecular weight is 383 g/mol. The average Bonchev–Trinajstić information content (AvgIpc) is 2.74. The highest BCUT2D eigenvalue weighted by Gasteiger charge is 2.27. The Hall–Kier alpha value is -2.53. The highest BCUT2D eigenvalue weighted by atomic mass is 16.5. The number of nitrogens with zero attached hydrogens (tertiary/aromatic N) is 1. The minimum Gasteiger partial charge on any atom is -0.497 e.